The molecule has 0 spiro atoms. The lowest BCUT2D eigenvalue weighted by Gasteiger charge is -2.08. The number of nitrogens with zero attached hydrogens (tertiary/aromatic N) is 5. The molecule has 0 aliphatic heterocycles. The smallest absolute Gasteiger partial charge is 0.247 e. The van der Waals surface area contributed by atoms with E-state index < -0.39 is 0 Å². The first-order chi connectivity index (χ1) is 11.3. The molecule has 0 fully saturated rings. The average molecular weight is 303 g/mol. The van der Waals surface area contributed by atoms with E-state index in [9.17, 15) is 0 Å². The zero-order valence-corrected chi connectivity index (χ0v) is 12.4. The second-order valence-corrected chi connectivity index (χ2v) is 5.04. The van der Waals surface area contributed by atoms with Gasteiger partial charge in [-0.25, -0.2) is 9.50 Å². The first-order valence-corrected chi connectivity index (χ1v) is 7.17. The van der Waals surface area contributed by atoms with Crippen molar-refractivity contribution < 1.29 is 4.74 Å². The van der Waals surface area contributed by atoms with Crippen molar-refractivity contribution in [2.45, 2.75) is 6.92 Å². The molecule has 112 valence electrons. The van der Waals surface area contributed by atoms with Crippen LogP contribution in [0.25, 0.3) is 17.0 Å². The van der Waals surface area contributed by atoms with Crippen LogP contribution in [0.15, 0.2) is 61.1 Å². The van der Waals surface area contributed by atoms with Crippen LogP contribution in [0.3, 0.4) is 0 Å². The summed E-state index contributed by atoms with van der Waals surface area (Å²) < 4.78 is 7.65. The number of ether oxygens (including phenoxy) is 1. The maximum absolute atomic E-state index is 5.92. The number of fused-ring (bicyclic) bond motifs is 1. The van der Waals surface area contributed by atoms with Gasteiger partial charge in [-0.1, -0.05) is 18.2 Å². The molecule has 3 aromatic heterocycles. The Morgan fingerprint density at radius 2 is 1.83 bits per heavy atom. The van der Waals surface area contributed by atoms with E-state index in [-0.39, 0.29) is 0 Å². The topological polar surface area (TPSA) is 65.2 Å². The number of hydrogen-bond acceptors (Lipinski definition) is 5. The van der Waals surface area contributed by atoms with E-state index in [1.54, 1.807) is 16.9 Å². The van der Waals surface area contributed by atoms with Crippen molar-refractivity contribution in [3.63, 3.8) is 0 Å². The summed E-state index contributed by atoms with van der Waals surface area (Å²) >= 11 is 0. The Hall–Kier alpha value is -3.28. The highest BCUT2D eigenvalue weighted by Crippen LogP contribution is 2.26. The van der Waals surface area contributed by atoms with Crippen molar-refractivity contribution in [2.24, 2.45) is 0 Å². The van der Waals surface area contributed by atoms with E-state index >= 15 is 0 Å². The summed E-state index contributed by atoms with van der Waals surface area (Å²) in [5, 5.41) is 4.47. The highest BCUT2D eigenvalue weighted by Gasteiger charge is 2.12. The van der Waals surface area contributed by atoms with Crippen LogP contribution in [-0.2, 0) is 0 Å². The predicted octanol–water partition coefficient (Wildman–Crippen LogP) is 3.29. The lowest BCUT2D eigenvalue weighted by molar-refractivity contribution is 0.464. The van der Waals surface area contributed by atoms with Crippen LogP contribution in [0, 0.1) is 6.92 Å². The van der Waals surface area contributed by atoms with Crippen LogP contribution < -0.4 is 4.74 Å². The van der Waals surface area contributed by atoms with E-state index in [0.717, 1.165) is 17.0 Å². The molecule has 0 bridgehead atoms. The van der Waals surface area contributed by atoms with Crippen LogP contribution in [0.4, 0.5) is 0 Å². The Bertz CT molecular complexity index is 965. The number of hydrogen-bond donors (Lipinski definition) is 0. The van der Waals surface area contributed by atoms with Gasteiger partial charge in [-0.15, -0.1) is 5.10 Å². The molecular formula is C17H13N5O. The van der Waals surface area contributed by atoms with Crippen LogP contribution in [0.5, 0.6) is 11.6 Å². The predicted molar refractivity (Wildman–Crippen MR) is 85.3 cm³/mol. The maximum atomic E-state index is 5.92. The normalized spacial score (nSPS) is 10.8. The number of para-hydroxylation sites is 1. The standard InChI is InChI=1S/C17H13N5O/c1-12-10-18-11-14(19-12)16-20-17(15-8-5-9-22(15)21-16)23-13-6-3-2-4-7-13/h2-11H,1H3. The van der Waals surface area contributed by atoms with Gasteiger partial charge in [-0.2, -0.15) is 4.98 Å². The van der Waals surface area contributed by atoms with Gasteiger partial charge in [0, 0.05) is 12.4 Å². The Morgan fingerprint density at radius 1 is 0.957 bits per heavy atom. The number of aryl methyl sites for hydroxylation is 1. The van der Waals surface area contributed by atoms with Gasteiger partial charge in [-0.3, -0.25) is 4.98 Å². The highest BCUT2D eigenvalue weighted by molar-refractivity contribution is 5.60. The zero-order valence-electron chi connectivity index (χ0n) is 12.4. The Labute approximate surface area is 132 Å². The molecule has 6 heteroatoms. The van der Waals surface area contributed by atoms with Crippen LogP contribution in [0.1, 0.15) is 5.69 Å². The lowest BCUT2D eigenvalue weighted by Crippen LogP contribution is -2.02. The van der Waals surface area contributed by atoms with Crippen molar-refractivity contribution in [1.29, 1.82) is 0 Å². The number of benzene rings is 1. The van der Waals surface area contributed by atoms with Crippen molar-refractivity contribution in [3.8, 4) is 23.1 Å². The van der Waals surface area contributed by atoms with Gasteiger partial charge >= 0.3 is 0 Å². The number of rotatable bonds is 3. The molecule has 4 rings (SSSR count). The first-order valence-electron chi connectivity index (χ1n) is 7.17. The third kappa shape index (κ3) is 2.62. The van der Waals surface area contributed by atoms with E-state index in [1.165, 1.54) is 0 Å². The molecule has 0 radical (unpaired) electrons. The summed E-state index contributed by atoms with van der Waals surface area (Å²) in [7, 11) is 0. The largest absolute Gasteiger partial charge is 0.437 e. The van der Waals surface area contributed by atoms with Crippen LogP contribution in [0.2, 0.25) is 0 Å². The molecule has 6 nitrogen and oxygen atoms in total. The van der Waals surface area contributed by atoms with Gasteiger partial charge in [0.2, 0.25) is 11.7 Å². The monoisotopic (exact) mass is 303 g/mol. The fraction of sp³-hybridized carbons (Fsp3) is 0.0588. The number of aromatic nitrogens is 5. The van der Waals surface area contributed by atoms with Crippen molar-refractivity contribution in [2.75, 3.05) is 0 Å². The molecule has 0 saturated carbocycles. The summed E-state index contributed by atoms with van der Waals surface area (Å²) in [4.78, 5) is 13.1. The van der Waals surface area contributed by atoms with Gasteiger partial charge in [0.25, 0.3) is 0 Å². The van der Waals surface area contributed by atoms with Crippen molar-refractivity contribution in [1.82, 2.24) is 24.6 Å². The van der Waals surface area contributed by atoms with Gasteiger partial charge < -0.3 is 4.74 Å². The van der Waals surface area contributed by atoms with Crippen LogP contribution in [-0.4, -0.2) is 24.6 Å². The third-order valence-corrected chi connectivity index (χ3v) is 3.30. The summed E-state index contributed by atoms with van der Waals surface area (Å²) in [6.07, 6.45) is 5.19. The molecule has 1 aromatic carbocycles. The summed E-state index contributed by atoms with van der Waals surface area (Å²) in [5.41, 5.74) is 2.21. The Kier molecular flexibility index (Phi) is 3.20. The zero-order chi connectivity index (χ0) is 15.6. The van der Waals surface area contributed by atoms with Crippen molar-refractivity contribution in [3.05, 3.63) is 66.7 Å². The molecule has 0 saturated heterocycles. The fourth-order valence-corrected chi connectivity index (χ4v) is 2.26. The highest BCUT2D eigenvalue weighted by atomic mass is 16.5. The molecule has 0 aliphatic rings. The summed E-state index contributed by atoms with van der Waals surface area (Å²) in [6.45, 7) is 1.88. The molecule has 3 heterocycles. The second kappa shape index (κ2) is 5.49. The minimum Gasteiger partial charge on any atom is -0.437 e. The average Bonchev–Trinajstić information content (AvgIpc) is 3.05. The van der Waals surface area contributed by atoms with E-state index in [1.807, 2.05) is 55.6 Å². The van der Waals surface area contributed by atoms with Gasteiger partial charge in [-0.05, 0) is 31.2 Å². The lowest BCUT2D eigenvalue weighted by atomic mass is 10.3. The molecule has 4 aromatic rings. The Morgan fingerprint density at radius 3 is 2.65 bits per heavy atom. The third-order valence-electron chi connectivity index (χ3n) is 3.30. The van der Waals surface area contributed by atoms with Gasteiger partial charge in [0.05, 0.1) is 11.9 Å². The summed E-state index contributed by atoms with van der Waals surface area (Å²) in [5.74, 6) is 1.67. The van der Waals surface area contributed by atoms with Gasteiger partial charge in [0.15, 0.2) is 0 Å². The fourth-order valence-electron chi connectivity index (χ4n) is 2.26. The quantitative estimate of drug-likeness (QED) is 0.581. The second-order valence-electron chi connectivity index (χ2n) is 5.04. The SMILES string of the molecule is Cc1cncc(-c2nc(Oc3ccccc3)c3cccn3n2)n1. The van der Waals surface area contributed by atoms with E-state index in [2.05, 4.69) is 20.1 Å². The van der Waals surface area contributed by atoms with E-state index in [4.69, 9.17) is 4.74 Å². The van der Waals surface area contributed by atoms with Crippen LogP contribution >= 0.6 is 0 Å². The molecule has 0 amide bonds. The minimum atomic E-state index is 0.468. The molecule has 0 atom stereocenters. The molecule has 0 unspecified atom stereocenters. The minimum absolute atomic E-state index is 0.468. The molecule has 0 aliphatic carbocycles. The molecule has 0 N–H and O–H groups in total. The Balaban J connectivity index is 1.84. The maximum Gasteiger partial charge on any atom is 0.247 e. The first kappa shape index (κ1) is 13.4. The van der Waals surface area contributed by atoms with E-state index in [0.29, 0.717) is 17.4 Å². The molecular weight excluding hydrogens is 290 g/mol. The van der Waals surface area contributed by atoms with Gasteiger partial charge in [0.1, 0.15) is 17.0 Å². The summed E-state index contributed by atoms with van der Waals surface area (Å²) in [6, 6.07) is 13.3. The van der Waals surface area contributed by atoms with Crippen molar-refractivity contribution >= 4 is 5.52 Å². The molecule has 23 heavy (non-hydrogen) atoms.